The van der Waals surface area contributed by atoms with E-state index in [2.05, 4.69) is 16.0 Å². The molecule has 1 saturated heterocycles. The summed E-state index contributed by atoms with van der Waals surface area (Å²) in [5.41, 5.74) is -2.30. The number of anilines is 1. The molecule has 1 aromatic rings. The van der Waals surface area contributed by atoms with Crippen molar-refractivity contribution in [3.8, 4) is 0 Å². The first-order valence-corrected chi connectivity index (χ1v) is 9.36. The van der Waals surface area contributed by atoms with Crippen LogP contribution in [0.1, 0.15) is 48.0 Å². The summed E-state index contributed by atoms with van der Waals surface area (Å²) in [6, 6.07) is 2.39. The second kappa shape index (κ2) is 7.62. The second-order valence-corrected chi connectivity index (χ2v) is 7.40. The van der Waals surface area contributed by atoms with Crippen molar-refractivity contribution >= 4 is 35.0 Å². The van der Waals surface area contributed by atoms with E-state index in [1.807, 2.05) is 0 Å². The van der Waals surface area contributed by atoms with Crippen molar-refractivity contribution in [3.05, 3.63) is 29.3 Å². The van der Waals surface area contributed by atoms with Crippen molar-refractivity contribution in [3.63, 3.8) is 0 Å². The Hall–Kier alpha value is -2.29. The van der Waals surface area contributed by atoms with Gasteiger partial charge in [0.2, 0.25) is 11.8 Å². The van der Waals surface area contributed by atoms with E-state index in [9.17, 15) is 27.6 Å². The molecule has 2 fully saturated rings. The molecule has 2 aliphatic rings. The third kappa shape index (κ3) is 4.24. The number of carbonyl (C=O) groups excluding carboxylic acids is 3. The lowest BCUT2D eigenvalue weighted by molar-refractivity contribution is -0.137. The normalized spacial score (nSPS) is 24.3. The fourth-order valence-corrected chi connectivity index (χ4v) is 3.94. The third-order valence-electron chi connectivity index (χ3n) is 5.13. The molecule has 3 rings (SSSR count). The Bertz CT molecular complexity index is 815. The SMILES string of the molecule is O=C(CCl)Nc1cc(C(=O)N[C@@]23CCCC[C@@H]2NC(=O)C3)cc(C(F)(F)F)c1. The smallest absolute Gasteiger partial charge is 0.351 e. The van der Waals surface area contributed by atoms with Gasteiger partial charge in [-0.15, -0.1) is 11.6 Å². The zero-order valence-electron chi connectivity index (χ0n) is 14.8. The van der Waals surface area contributed by atoms with Crippen LogP contribution in [-0.4, -0.2) is 35.2 Å². The van der Waals surface area contributed by atoms with Crippen LogP contribution in [0.5, 0.6) is 0 Å². The molecule has 1 aromatic carbocycles. The van der Waals surface area contributed by atoms with Crippen LogP contribution in [0, 0.1) is 0 Å². The molecule has 1 saturated carbocycles. The highest BCUT2D eigenvalue weighted by atomic mass is 35.5. The quantitative estimate of drug-likeness (QED) is 0.658. The van der Waals surface area contributed by atoms with Crippen molar-refractivity contribution < 1.29 is 27.6 Å². The first kappa shape index (κ1) is 20.4. The molecule has 3 N–H and O–H groups in total. The molecule has 10 heteroatoms. The topological polar surface area (TPSA) is 87.3 Å². The van der Waals surface area contributed by atoms with E-state index in [1.54, 1.807) is 0 Å². The average Bonchev–Trinajstić information content (AvgIpc) is 2.95. The Kier molecular flexibility index (Phi) is 5.56. The van der Waals surface area contributed by atoms with Crippen LogP contribution in [0.2, 0.25) is 0 Å². The minimum absolute atomic E-state index is 0.0954. The Labute approximate surface area is 164 Å². The van der Waals surface area contributed by atoms with Gasteiger partial charge in [-0.2, -0.15) is 13.2 Å². The van der Waals surface area contributed by atoms with Crippen LogP contribution >= 0.6 is 11.6 Å². The van der Waals surface area contributed by atoms with Crippen LogP contribution in [0.4, 0.5) is 18.9 Å². The number of fused-ring (bicyclic) bond motifs is 1. The lowest BCUT2D eigenvalue weighted by Gasteiger charge is -2.38. The van der Waals surface area contributed by atoms with Gasteiger partial charge in [0.1, 0.15) is 5.88 Å². The van der Waals surface area contributed by atoms with Gasteiger partial charge >= 0.3 is 6.18 Å². The molecular weight excluding hydrogens is 399 g/mol. The van der Waals surface area contributed by atoms with Gasteiger partial charge in [0.05, 0.1) is 23.6 Å². The minimum atomic E-state index is -4.70. The number of nitrogens with one attached hydrogen (secondary N) is 3. The van der Waals surface area contributed by atoms with E-state index in [0.717, 1.165) is 31.0 Å². The van der Waals surface area contributed by atoms with Crippen LogP contribution < -0.4 is 16.0 Å². The summed E-state index contributed by atoms with van der Waals surface area (Å²) in [4.78, 5) is 36.1. The molecule has 0 bridgehead atoms. The molecule has 152 valence electrons. The molecular formula is C18H19ClF3N3O3. The Morgan fingerprint density at radius 1 is 1.25 bits per heavy atom. The third-order valence-corrected chi connectivity index (χ3v) is 5.38. The van der Waals surface area contributed by atoms with Gasteiger partial charge in [-0.1, -0.05) is 12.8 Å². The van der Waals surface area contributed by atoms with E-state index < -0.39 is 35.0 Å². The fraction of sp³-hybridized carbons (Fsp3) is 0.500. The maximum absolute atomic E-state index is 13.2. The summed E-state index contributed by atoms with van der Waals surface area (Å²) in [6.45, 7) is 0. The molecule has 3 amide bonds. The van der Waals surface area contributed by atoms with Crippen LogP contribution in [0.15, 0.2) is 18.2 Å². The number of rotatable bonds is 4. The zero-order chi connectivity index (χ0) is 20.5. The molecule has 6 nitrogen and oxygen atoms in total. The summed E-state index contributed by atoms with van der Waals surface area (Å²) >= 11 is 5.38. The maximum Gasteiger partial charge on any atom is 0.416 e. The summed E-state index contributed by atoms with van der Waals surface area (Å²) in [7, 11) is 0. The monoisotopic (exact) mass is 417 g/mol. The molecule has 2 atom stereocenters. The minimum Gasteiger partial charge on any atom is -0.351 e. The summed E-state index contributed by atoms with van der Waals surface area (Å²) < 4.78 is 39.7. The Morgan fingerprint density at radius 2 is 2.00 bits per heavy atom. The second-order valence-electron chi connectivity index (χ2n) is 7.13. The molecule has 28 heavy (non-hydrogen) atoms. The lowest BCUT2D eigenvalue weighted by Crippen LogP contribution is -2.57. The molecule has 0 spiro atoms. The summed E-state index contributed by atoms with van der Waals surface area (Å²) in [5, 5.41) is 7.85. The summed E-state index contributed by atoms with van der Waals surface area (Å²) in [5.74, 6) is -2.04. The number of alkyl halides is 4. The number of halogens is 4. The van der Waals surface area contributed by atoms with Gasteiger partial charge in [-0.05, 0) is 31.0 Å². The summed E-state index contributed by atoms with van der Waals surface area (Å²) in [6.07, 6.45) is -1.62. The maximum atomic E-state index is 13.2. The lowest BCUT2D eigenvalue weighted by atomic mass is 9.77. The van der Waals surface area contributed by atoms with Crippen molar-refractivity contribution in [2.24, 2.45) is 0 Å². The van der Waals surface area contributed by atoms with E-state index in [1.165, 1.54) is 0 Å². The molecule has 1 aliphatic heterocycles. The van der Waals surface area contributed by atoms with Crippen molar-refractivity contribution in [1.82, 2.24) is 10.6 Å². The molecule has 1 heterocycles. The van der Waals surface area contributed by atoms with Gasteiger partial charge < -0.3 is 16.0 Å². The molecule has 0 unspecified atom stereocenters. The number of benzene rings is 1. The first-order chi connectivity index (χ1) is 13.1. The Morgan fingerprint density at radius 3 is 2.68 bits per heavy atom. The largest absolute Gasteiger partial charge is 0.416 e. The number of carbonyl (C=O) groups is 3. The van der Waals surface area contributed by atoms with E-state index >= 15 is 0 Å². The van der Waals surface area contributed by atoms with Crippen molar-refractivity contribution in [2.75, 3.05) is 11.2 Å². The van der Waals surface area contributed by atoms with Gasteiger partial charge in [0, 0.05) is 11.3 Å². The first-order valence-electron chi connectivity index (χ1n) is 8.83. The highest BCUT2D eigenvalue weighted by Crippen LogP contribution is 2.36. The standard InChI is InChI=1S/C18H19ClF3N3O3/c19-9-15(27)23-12-6-10(5-11(7-12)18(20,21)22)16(28)25-17-4-2-1-3-13(17)24-14(26)8-17/h5-7,13H,1-4,8-9H2,(H,23,27)(H,24,26)(H,25,28)/t13-,17+/m0/s1. The predicted octanol–water partition coefficient (Wildman–Crippen LogP) is 2.81. The Balaban J connectivity index is 1.90. The van der Waals surface area contributed by atoms with Gasteiger partial charge in [-0.3, -0.25) is 14.4 Å². The van der Waals surface area contributed by atoms with Gasteiger partial charge in [-0.25, -0.2) is 0 Å². The molecule has 0 radical (unpaired) electrons. The van der Waals surface area contributed by atoms with E-state index in [0.29, 0.717) is 12.8 Å². The molecule has 0 aromatic heterocycles. The number of hydrogen-bond acceptors (Lipinski definition) is 3. The highest BCUT2D eigenvalue weighted by Gasteiger charge is 2.49. The number of amides is 3. The van der Waals surface area contributed by atoms with Gasteiger partial charge in [0.15, 0.2) is 0 Å². The predicted molar refractivity (Wildman–Crippen MR) is 96.0 cm³/mol. The van der Waals surface area contributed by atoms with Crippen LogP contribution in [0.3, 0.4) is 0 Å². The zero-order valence-corrected chi connectivity index (χ0v) is 15.5. The van der Waals surface area contributed by atoms with Crippen LogP contribution in [-0.2, 0) is 15.8 Å². The van der Waals surface area contributed by atoms with Crippen molar-refractivity contribution in [2.45, 2.75) is 49.9 Å². The van der Waals surface area contributed by atoms with E-state index in [-0.39, 0.29) is 29.6 Å². The highest BCUT2D eigenvalue weighted by molar-refractivity contribution is 6.29. The average molecular weight is 418 g/mol. The van der Waals surface area contributed by atoms with E-state index in [4.69, 9.17) is 11.6 Å². The fourth-order valence-electron chi connectivity index (χ4n) is 3.87. The molecule has 1 aliphatic carbocycles. The number of hydrogen-bond donors (Lipinski definition) is 3. The van der Waals surface area contributed by atoms with Crippen LogP contribution in [0.25, 0.3) is 0 Å². The van der Waals surface area contributed by atoms with Crippen molar-refractivity contribution in [1.29, 1.82) is 0 Å². The van der Waals surface area contributed by atoms with Gasteiger partial charge in [0.25, 0.3) is 5.91 Å².